The molecular formula is C11H14N4O3. The number of hydrogen-bond acceptors (Lipinski definition) is 4. The van der Waals surface area contributed by atoms with Crippen molar-refractivity contribution in [2.45, 2.75) is 6.92 Å². The van der Waals surface area contributed by atoms with Crippen LogP contribution in [0.2, 0.25) is 0 Å². The standard InChI is InChI=1S/C11H14N4O3/c1-7(9(16)17)8-5-15(6-8)11(18)14-10-12-3-2-4-13-10/h2-4,7-8H,5-6H2,1H3,(H,16,17)(H,12,13,14,18). The van der Waals surface area contributed by atoms with Crippen LogP contribution in [0, 0.1) is 11.8 Å². The van der Waals surface area contributed by atoms with E-state index in [1.165, 1.54) is 12.4 Å². The summed E-state index contributed by atoms with van der Waals surface area (Å²) in [6.45, 7) is 2.56. The van der Waals surface area contributed by atoms with Gasteiger partial charge in [-0.2, -0.15) is 0 Å². The van der Waals surface area contributed by atoms with Crippen LogP contribution in [0.25, 0.3) is 0 Å². The highest BCUT2D eigenvalue weighted by Crippen LogP contribution is 2.24. The topological polar surface area (TPSA) is 95.4 Å². The SMILES string of the molecule is CC(C(=O)O)C1CN(C(=O)Nc2ncccn2)C1. The second kappa shape index (κ2) is 4.99. The number of aromatic nitrogens is 2. The molecule has 1 atom stereocenters. The van der Waals surface area contributed by atoms with Gasteiger partial charge in [0.2, 0.25) is 5.95 Å². The van der Waals surface area contributed by atoms with Gasteiger partial charge in [0.25, 0.3) is 0 Å². The average molecular weight is 250 g/mol. The molecule has 18 heavy (non-hydrogen) atoms. The monoisotopic (exact) mass is 250 g/mol. The minimum Gasteiger partial charge on any atom is -0.481 e. The lowest BCUT2D eigenvalue weighted by atomic mass is 9.87. The van der Waals surface area contributed by atoms with Crippen molar-refractivity contribution in [3.63, 3.8) is 0 Å². The zero-order chi connectivity index (χ0) is 13.1. The Morgan fingerprint density at radius 2 is 2.06 bits per heavy atom. The summed E-state index contributed by atoms with van der Waals surface area (Å²) in [5.41, 5.74) is 0. The Morgan fingerprint density at radius 3 is 2.61 bits per heavy atom. The summed E-state index contributed by atoms with van der Waals surface area (Å²) in [6.07, 6.45) is 3.07. The van der Waals surface area contributed by atoms with Crippen LogP contribution in [-0.2, 0) is 4.79 Å². The fourth-order valence-electron chi connectivity index (χ4n) is 1.73. The Morgan fingerprint density at radius 1 is 1.44 bits per heavy atom. The molecule has 1 aromatic heterocycles. The largest absolute Gasteiger partial charge is 0.481 e. The van der Waals surface area contributed by atoms with Crippen LogP contribution in [0.5, 0.6) is 0 Å². The number of rotatable bonds is 3. The quantitative estimate of drug-likeness (QED) is 0.821. The molecule has 1 aromatic rings. The van der Waals surface area contributed by atoms with Crippen molar-refractivity contribution in [2.24, 2.45) is 11.8 Å². The first kappa shape index (κ1) is 12.3. The third kappa shape index (κ3) is 2.55. The number of nitrogens with one attached hydrogen (secondary N) is 1. The molecule has 1 aliphatic heterocycles. The van der Waals surface area contributed by atoms with Gasteiger partial charge in [0.05, 0.1) is 5.92 Å². The molecule has 0 bridgehead atoms. The maximum absolute atomic E-state index is 11.7. The number of anilines is 1. The fraction of sp³-hybridized carbons (Fsp3) is 0.455. The Kier molecular flexibility index (Phi) is 3.40. The third-order valence-corrected chi connectivity index (χ3v) is 3.08. The maximum atomic E-state index is 11.7. The van der Waals surface area contributed by atoms with Gasteiger partial charge in [0.15, 0.2) is 0 Å². The fourth-order valence-corrected chi connectivity index (χ4v) is 1.73. The van der Waals surface area contributed by atoms with Crippen molar-refractivity contribution in [3.8, 4) is 0 Å². The summed E-state index contributed by atoms with van der Waals surface area (Å²) in [6, 6.07) is 1.36. The highest BCUT2D eigenvalue weighted by Gasteiger charge is 2.37. The molecule has 0 radical (unpaired) electrons. The number of likely N-dealkylation sites (tertiary alicyclic amines) is 1. The molecule has 1 unspecified atom stereocenters. The van der Waals surface area contributed by atoms with Crippen molar-refractivity contribution >= 4 is 17.9 Å². The first-order valence-electron chi connectivity index (χ1n) is 5.63. The van der Waals surface area contributed by atoms with E-state index in [2.05, 4.69) is 15.3 Å². The molecular weight excluding hydrogens is 236 g/mol. The van der Waals surface area contributed by atoms with Gasteiger partial charge in [0.1, 0.15) is 0 Å². The van der Waals surface area contributed by atoms with E-state index in [0.29, 0.717) is 13.1 Å². The molecule has 1 aliphatic rings. The first-order valence-corrected chi connectivity index (χ1v) is 5.63. The normalized spacial score (nSPS) is 16.8. The van der Waals surface area contributed by atoms with Crippen molar-refractivity contribution in [3.05, 3.63) is 18.5 Å². The predicted octanol–water partition coefficient (Wildman–Crippen LogP) is 0.661. The molecule has 2 amide bonds. The number of aliphatic carboxylic acids is 1. The van der Waals surface area contributed by atoms with Gasteiger partial charge in [-0.05, 0) is 6.07 Å². The second-order valence-electron chi connectivity index (χ2n) is 4.29. The van der Waals surface area contributed by atoms with E-state index in [-0.39, 0.29) is 17.9 Å². The van der Waals surface area contributed by atoms with Crippen LogP contribution in [0.4, 0.5) is 10.7 Å². The summed E-state index contributed by atoms with van der Waals surface area (Å²) in [7, 11) is 0. The van der Waals surface area contributed by atoms with Gasteiger partial charge in [-0.15, -0.1) is 0 Å². The third-order valence-electron chi connectivity index (χ3n) is 3.08. The number of nitrogens with zero attached hydrogens (tertiary/aromatic N) is 3. The van der Waals surface area contributed by atoms with E-state index >= 15 is 0 Å². The van der Waals surface area contributed by atoms with Crippen molar-refractivity contribution in [1.29, 1.82) is 0 Å². The molecule has 1 fully saturated rings. The molecule has 0 spiro atoms. The molecule has 0 saturated carbocycles. The number of amides is 2. The van der Waals surface area contributed by atoms with E-state index in [1.807, 2.05) is 0 Å². The van der Waals surface area contributed by atoms with Gasteiger partial charge in [-0.1, -0.05) is 6.92 Å². The molecule has 2 N–H and O–H groups in total. The highest BCUT2D eigenvalue weighted by molar-refractivity contribution is 5.88. The van der Waals surface area contributed by atoms with E-state index in [4.69, 9.17) is 5.11 Å². The summed E-state index contributed by atoms with van der Waals surface area (Å²) in [5, 5.41) is 11.4. The van der Waals surface area contributed by atoms with Gasteiger partial charge in [-0.3, -0.25) is 10.1 Å². The van der Waals surface area contributed by atoms with E-state index in [9.17, 15) is 9.59 Å². The minimum absolute atomic E-state index is 0.0185. The average Bonchev–Trinajstić information content (AvgIpc) is 2.28. The lowest BCUT2D eigenvalue weighted by Gasteiger charge is -2.40. The van der Waals surface area contributed by atoms with Crippen LogP contribution in [0.3, 0.4) is 0 Å². The zero-order valence-electron chi connectivity index (χ0n) is 9.91. The van der Waals surface area contributed by atoms with Crippen molar-refractivity contribution < 1.29 is 14.7 Å². The Labute approximate surface area is 104 Å². The minimum atomic E-state index is -0.827. The number of carboxylic acids is 1. The van der Waals surface area contributed by atoms with Gasteiger partial charge < -0.3 is 10.0 Å². The molecule has 7 heteroatoms. The molecule has 0 aromatic carbocycles. The lowest BCUT2D eigenvalue weighted by Crippen LogP contribution is -2.54. The van der Waals surface area contributed by atoms with Crippen LogP contribution in [0.1, 0.15) is 6.92 Å². The van der Waals surface area contributed by atoms with Crippen LogP contribution in [0.15, 0.2) is 18.5 Å². The number of carbonyl (C=O) groups is 2. The van der Waals surface area contributed by atoms with Gasteiger partial charge in [-0.25, -0.2) is 14.8 Å². The summed E-state index contributed by atoms with van der Waals surface area (Å²) >= 11 is 0. The van der Waals surface area contributed by atoms with Gasteiger partial charge in [0, 0.05) is 31.4 Å². The Balaban J connectivity index is 1.82. The van der Waals surface area contributed by atoms with Crippen molar-refractivity contribution in [1.82, 2.24) is 14.9 Å². The number of urea groups is 1. The van der Waals surface area contributed by atoms with Gasteiger partial charge >= 0.3 is 12.0 Å². The summed E-state index contributed by atoms with van der Waals surface area (Å²) < 4.78 is 0. The molecule has 7 nitrogen and oxygen atoms in total. The van der Waals surface area contributed by atoms with Crippen LogP contribution >= 0.6 is 0 Å². The summed E-state index contributed by atoms with van der Waals surface area (Å²) in [5.74, 6) is -0.990. The number of carbonyl (C=O) groups excluding carboxylic acids is 1. The van der Waals surface area contributed by atoms with E-state index in [0.717, 1.165) is 0 Å². The second-order valence-corrected chi connectivity index (χ2v) is 4.29. The van der Waals surface area contributed by atoms with Crippen molar-refractivity contribution in [2.75, 3.05) is 18.4 Å². The Hall–Kier alpha value is -2.18. The molecule has 1 saturated heterocycles. The smallest absolute Gasteiger partial charge is 0.324 e. The Bertz CT molecular complexity index is 445. The lowest BCUT2D eigenvalue weighted by molar-refractivity contribution is -0.144. The maximum Gasteiger partial charge on any atom is 0.324 e. The highest BCUT2D eigenvalue weighted by atomic mass is 16.4. The van der Waals surface area contributed by atoms with Crippen LogP contribution < -0.4 is 5.32 Å². The molecule has 0 aliphatic carbocycles. The predicted molar refractivity (Wildman–Crippen MR) is 62.9 cm³/mol. The molecule has 96 valence electrons. The molecule has 2 heterocycles. The zero-order valence-corrected chi connectivity index (χ0v) is 9.91. The first-order chi connectivity index (χ1) is 8.58. The number of carboxylic acid groups (broad SMARTS) is 1. The van der Waals surface area contributed by atoms with E-state index in [1.54, 1.807) is 17.9 Å². The van der Waals surface area contributed by atoms with Crippen LogP contribution in [-0.4, -0.2) is 45.1 Å². The number of hydrogen-bond donors (Lipinski definition) is 2. The molecule has 2 rings (SSSR count). The van der Waals surface area contributed by atoms with E-state index < -0.39 is 11.9 Å². The summed E-state index contributed by atoms with van der Waals surface area (Å²) in [4.78, 5) is 31.8.